The monoisotopic (exact) mass is 341 g/mol. The maximum Gasteiger partial charge on any atom is 0.161 e. The lowest BCUT2D eigenvalue weighted by atomic mass is 9.88. The Morgan fingerprint density at radius 1 is 0.960 bits per heavy atom. The second-order valence-corrected chi connectivity index (χ2v) is 6.56. The molecule has 25 heavy (non-hydrogen) atoms. The van der Waals surface area contributed by atoms with Crippen molar-refractivity contribution in [3.8, 4) is 11.5 Å². The minimum atomic E-state index is 0.303. The largest absolute Gasteiger partial charge is 0.490 e. The molecule has 1 atom stereocenters. The fraction of sp³-hybridized carbons (Fsp3) is 0.455. The molecule has 0 bridgehead atoms. The molecule has 3 heteroatoms. The summed E-state index contributed by atoms with van der Waals surface area (Å²) in [7, 11) is 0. The van der Waals surface area contributed by atoms with Crippen LogP contribution in [0.15, 0.2) is 36.4 Å². The Kier molecular flexibility index (Phi) is 7.32. The first-order valence-electron chi connectivity index (χ1n) is 9.24. The number of rotatable bonds is 9. The van der Waals surface area contributed by atoms with E-state index in [1.54, 1.807) is 0 Å². The quantitative estimate of drug-likeness (QED) is 0.714. The van der Waals surface area contributed by atoms with Crippen LogP contribution in [0.3, 0.4) is 0 Å². The second-order valence-electron chi connectivity index (χ2n) is 6.56. The Balaban J connectivity index is 2.23. The zero-order valence-corrected chi connectivity index (χ0v) is 16.0. The highest BCUT2D eigenvalue weighted by Gasteiger charge is 2.15. The molecule has 2 rings (SSSR count). The fourth-order valence-corrected chi connectivity index (χ4v) is 3.17. The molecule has 0 fully saturated rings. The molecule has 0 radical (unpaired) electrons. The number of hydrogen-bond donors (Lipinski definition) is 1. The van der Waals surface area contributed by atoms with Crippen LogP contribution < -0.4 is 15.2 Å². The van der Waals surface area contributed by atoms with Gasteiger partial charge in [-0.2, -0.15) is 0 Å². The highest BCUT2D eigenvalue weighted by molar-refractivity contribution is 5.44. The molecule has 0 spiro atoms. The summed E-state index contributed by atoms with van der Waals surface area (Å²) in [6.07, 6.45) is 1.88. The molecular weight excluding hydrogens is 310 g/mol. The number of benzene rings is 2. The zero-order valence-electron chi connectivity index (χ0n) is 16.0. The van der Waals surface area contributed by atoms with E-state index < -0.39 is 0 Å². The normalized spacial score (nSPS) is 12.0. The predicted molar refractivity (Wildman–Crippen MR) is 105 cm³/mol. The first-order valence-corrected chi connectivity index (χ1v) is 9.24. The first-order chi connectivity index (χ1) is 12.1. The van der Waals surface area contributed by atoms with Crippen LogP contribution >= 0.6 is 0 Å². The van der Waals surface area contributed by atoms with Crippen LogP contribution in [-0.4, -0.2) is 19.8 Å². The van der Waals surface area contributed by atoms with Crippen molar-refractivity contribution in [2.24, 2.45) is 5.73 Å². The van der Waals surface area contributed by atoms with Crippen molar-refractivity contribution >= 4 is 0 Å². The van der Waals surface area contributed by atoms with Gasteiger partial charge in [-0.05, 0) is 69.0 Å². The van der Waals surface area contributed by atoms with E-state index in [2.05, 4.69) is 51.1 Å². The van der Waals surface area contributed by atoms with Crippen LogP contribution in [0.5, 0.6) is 11.5 Å². The van der Waals surface area contributed by atoms with E-state index in [0.717, 1.165) is 24.3 Å². The van der Waals surface area contributed by atoms with Gasteiger partial charge in [-0.25, -0.2) is 0 Å². The van der Waals surface area contributed by atoms with Crippen molar-refractivity contribution in [2.45, 2.75) is 46.5 Å². The first kappa shape index (κ1) is 19.3. The molecular formula is C22H31NO2. The van der Waals surface area contributed by atoms with Crippen LogP contribution in [0.25, 0.3) is 0 Å². The average molecular weight is 341 g/mol. The molecule has 0 amide bonds. The van der Waals surface area contributed by atoms with Gasteiger partial charge in [0.05, 0.1) is 13.2 Å². The maximum atomic E-state index is 6.10. The van der Waals surface area contributed by atoms with E-state index in [1.807, 2.05) is 13.0 Å². The molecule has 3 nitrogen and oxygen atoms in total. The number of ether oxygens (including phenoxy) is 2. The average Bonchev–Trinajstić information content (AvgIpc) is 2.60. The summed E-state index contributed by atoms with van der Waals surface area (Å²) in [4.78, 5) is 0. The fourth-order valence-electron chi connectivity index (χ4n) is 3.17. The number of aryl methyl sites for hydroxylation is 2. The molecule has 0 saturated heterocycles. The van der Waals surface area contributed by atoms with Gasteiger partial charge in [-0.3, -0.25) is 0 Å². The van der Waals surface area contributed by atoms with E-state index >= 15 is 0 Å². The lowest BCUT2D eigenvalue weighted by Gasteiger charge is -2.19. The molecule has 0 aliphatic carbocycles. The summed E-state index contributed by atoms with van der Waals surface area (Å²) in [5.74, 6) is 1.95. The van der Waals surface area contributed by atoms with Crippen molar-refractivity contribution in [3.63, 3.8) is 0 Å². The van der Waals surface area contributed by atoms with Gasteiger partial charge in [0.25, 0.3) is 0 Å². The van der Waals surface area contributed by atoms with Crippen molar-refractivity contribution in [3.05, 3.63) is 58.7 Å². The van der Waals surface area contributed by atoms with E-state index in [-0.39, 0.29) is 0 Å². The van der Waals surface area contributed by atoms with Crippen molar-refractivity contribution < 1.29 is 9.47 Å². The summed E-state index contributed by atoms with van der Waals surface area (Å²) in [6, 6.07) is 12.8. The summed E-state index contributed by atoms with van der Waals surface area (Å²) in [6.45, 7) is 10.3. The molecule has 0 aliphatic heterocycles. The highest BCUT2D eigenvalue weighted by Crippen LogP contribution is 2.31. The van der Waals surface area contributed by atoms with E-state index in [0.29, 0.717) is 25.7 Å². The van der Waals surface area contributed by atoms with Gasteiger partial charge in [0, 0.05) is 5.92 Å². The van der Waals surface area contributed by atoms with Crippen molar-refractivity contribution in [1.82, 2.24) is 0 Å². The van der Waals surface area contributed by atoms with E-state index in [9.17, 15) is 0 Å². The molecule has 0 aliphatic rings. The third-order valence-corrected chi connectivity index (χ3v) is 4.40. The molecule has 0 saturated carbocycles. The molecule has 136 valence electrons. The van der Waals surface area contributed by atoms with Crippen LogP contribution in [0.4, 0.5) is 0 Å². The molecule has 2 N–H and O–H groups in total. The number of nitrogens with two attached hydrogens (primary N) is 1. The van der Waals surface area contributed by atoms with Crippen molar-refractivity contribution in [1.29, 1.82) is 0 Å². The lowest BCUT2D eigenvalue weighted by Crippen LogP contribution is -2.16. The van der Waals surface area contributed by atoms with Gasteiger partial charge in [0.15, 0.2) is 11.5 Å². The van der Waals surface area contributed by atoms with Crippen LogP contribution in [0.2, 0.25) is 0 Å². The molecule has 2 aromatic carbocycles. The van der Waals surface area contributed by atoms with Crippen LogP contribution in [0.1, 0.15) is 48.4 Å². The molecule has 1 unspecified atom stereocenters. The summed E-state index contributed by atoms with van der Waals surface area (Å²) < 4.78 is 11.6. The van der Waals surface area contributed by atoms with Gasteiger partial charge < -0.3 is 15.2 Å². The minimum Gasteiger partial charge on any atom is -0.490 e. The summed E-state index contributed by atoms with van der Waals surface area (Å²) in [5, 5.41) is 0. The van der Waals surface area contributed by atoms with E-state index in [4.69, 9.17) is 15.2 Å². The van der Waals surface area contributed by atoms with Gasteiger partial charge in [0.1, 0.15) is 0 Å². The Labute approximate surface area is 152 Å². The topological polar surface area (TPSA) is 44.5 Å². The van der Waals surface area contributed by atoms with Crippen molar-refractivity contribution in [2.75, 3.05) is 19.8 Å². The Morgan fingerprint density at radius 3 is 2.40 bits per heavy atom. The second kappa shape index (κ2) is 9.47. The SMILES string of the molecule is CCCOc1ccc(CC(CN)c2ccc(C)cc2C)cc1OCC. The molecule has 0 aromatic heterocycles. The Bertz CT molecular complexity index is 682. The standard InChI is InChI=1S/C22H31NO2/c1-5-11-25-21-10-8-18(14-22(21)24-6-2)13-19(15-23)20-9-7-16(3)12-17(20)4/h7-10,12,14,19H,5-6,11,13,15,23H2,1-4H3. The van der Waals surface area contributed by atoms with Crippen LogP contribution in [-0.2, 0) is 6.42 Å². The summed E-state index contributed by atoms with van der Waals surface area (Å²) >= 11 is 0. The Morgan fingerprint density at radius 2 is 1.76 bits per heavy atom. The predicted octanol–water partition coefficient (Wildman–Crippen LogP) is 4.78. The van der Waals surface area contributed by atoms with Gasteiger partial charge in [-0.15, -0.1) is 0 Å². The molecule has 2 aromatic rings. The number of hydrogen-bond acceptors (Lipinski definition) is 3. The maximum absolute atomic E-state index is 6.10. The third kappa shape index (κ3) is 5.23. The molecule has 0 heterocycles. The van der Waals surface area contributed by atoms with Gasteiger partial charge >= 0.3 is 0 Å². The lowest BCUT2D eigenvalue weighted by molar-refractivity contribution is 0.276. The highest BCUT2D eigenvalue weighted by atomic mass is 16.5. The minimum absolute atomic E-state index is 0.303. The zero-order chi connectivity index (χ0) is 18.2. The smallest absolute Gasteiger partial charge is 0.161 e. The Hall–Kier alpha value is -2.00. The van der Waals surface area contributed by atoms with Crippen LogP contribution in [0, 0.1) is 13.8 Å². The van der Waals surface area contributed by atoms with Gasteiger partial charge in [-0.1, -0.05) is 36.8 Å². The van der Waals surface area contributed by atoms with E-state index in [1.165, 1.54) is 22.3 Å². The summed E-state index contributed by atoms with van der Waals surface area (Å²) in [5.41, 5.74) is 11.2. The third-order valence-electron chi connectivity index (χ3n) is 4.40. The van der Waals surface area contributed by atoms with Gasteiger partial charge in [0.2, 0.25) is 0 Å².